The average molecular weight is 370 g/mol. The number of benzene rings is 1. The lowest BCUT2D eigenvalue weighted by molar-refractivity contribution is 0.316. The van der Waals surface area contributed by atoms with E-state index in [9.17, 15) is 0 Å². The van der Waals surface area contributed by atoms with E-state index in [1.165, 1.54) is 11.6 Å². The van der Waals surface area contributed by atoms with Gasteiger partial charge in [0.1, 0.15) is 5.75 Å². The van der Waals surface area contributed by atoms with Crippen LogP contribution in [0.3, 0.4) is 0 Å². The van der Waals surface area contributed by atoms with E-state index in [1.54, 1.807) is 0 Å². The van der Waals surface area contributed by atoms with E-state index in [1.807, 2.05) is 12.1 Å². The number of nitrogens with one attached hydrogen (secondary N) is 1. The van der Waals surface area contributed by atoms with Crippen molar-refractivity contribution in [2.45, 2.75) is 52.9 Å². The largest absolute Gasteiger partial charge is 0.494 e. The molecule has 1 N–H and O–H groups in total. The monoisotopic (exact) mass is 369 g/mol. The highest BCUT2D eigenvalue weighted by Crippen LogP contribution is 2.16. The Hall–Kier alpha value is -1.76. The molecule has 0 radical (unpaired) electrons. The van der Waals surface area contributed by atoms with E-state index >= 15 is 0 Å². The molecule has 2 nitrogen and oxygen atoms in total. The maximum atomic E-state index is 5.91. The Bertz CT molecular complexity index is 644. The van der Waals surface area contributed by atoms with Gasteiger partial charge in [0.15, 0.2) is 0 Å². The zero-order valence-corrected chi connectivity index (χ0v) is 18.2. The summed E-state index contributed by atoms with van der Waals surface area (Å²) in [4.78, 5) is 0. The fourth-order valence-electron chi connectivity index (χ4n) is 2.24. The van der Waals surface area contributed by atoms with Gasteiger partial charge in [-0.3, -0.25) is 0 Å². The number of ether oxygens (including phenoxy) is 1. The minimum absolute atomic E-state index is 0.0574. The summed E-state index contributed by atoms with van der Waals surface area (Å²) >= 11 is 0. The normalized spacial score (nSPS) is 11.9. The molecule has 1 aromatic carbocycles. The predicted molar refractivity (Wildman–Crippen MR) is 117 cm³/mol. The third-order valence-corrected chi connectivity index (χ3v) is 6.67. The topological polar surface area (TPSA) is 21.3 Å². The van der Waals surface area contributed by atoms with E-state index in [4.69, 9.17) is 4.74 Å². The summed E-state index contributed by atoms with van der Waals surface area (Å²) in [5, 5.41) is 3.41. The molecule has 0 fully saturated rings. The SMILES string of the molecule is C=C[Si](C)(C)CCCOc1cccc(CNCC=CC#CC(C)(C)C)c1. The van der Waals surface area contributed by atoms with E-state index in [-0.39, 0.29) is 5.41 Å². The van der Waals surface area contributed by atoms with E-state index in [0.717, 1.165) is 31.9 Å². The summed E-state index contributed by atoms with van der Waals surface area (Å²) in [6, 6.07) is 9.55. The molecule has 26 heavy (non-hydrogen) atoms. The Morgan fingerprint density at radius 1 is 1.27 bits per heavy atom. The van der Waals surface area contributed by atoms with Gasteiger partial charge in [0, 0.05) is 18.5 Å². The molecule has 0 aliphatic carbocycles. The van der Waals surface area contributed by atoms with E-state index in [2.05, 4.69) is 87.6 Å². The highest BCUT2D eigenvalue weighted by Gasteiger charge is 2.14. The summed E-state index contributed by atoms with van der Waals surface area (Å²) in [5.41, 5.74) is 3.45. The van der Waals surface area contributed by atoms with Crippen molar-refractivity contribution in [3.63, 3.8) is 0 Å². The first-order valence-corrected chi connectivity index (χ1v) is 12.7. The van der Waals surface area contributed by atoms with Gasteiger partial charge in [-0.05, 0) is 51.0 Å². The van der Waals surface area contributed by atoms with Crippen LogP contribution in [0.15, 0.2) is 48.7 Å². The third-order valence-electron chi connectivity index (χ3n) is 3.92. The summed E-state index contributed by atoms with van der Waals surface area (Å²) in [6.45, 7) is 17.4. The second kappa shape index (κ2) is 11.1. The van der Waals surface area contributed by atoms with Crippen molar-refractivity contribution >= 4 is 8.07 Å². The van der Waals surface area contributed by atoms with Crippen LogP contribution in [0, 0.1) is 17.3 Å². The molecule has 0 aliphatic heterocycles. The fourth-order valence-corrected chi connectivity index (χ4v) is 3.50. The second-order valence-electron chi connectivity index (χ2n) is 8.34. The van der Waals surface area contributed by atoms with Gasteiger partial charge in [-0.2, -0.15) is 0 Å². The Labute approximate surface area is 161 Å². The molecule has 0 atom stereocenters. The molecule has 0 aromatic heterocycles. The first kappa shape index (κ1) is 22.3. The van der Waals surface area contributed by atoms with Crippen molar-refractivity contribution in [1.82, 2.24) is 5.32 Å². The Balaban J connectivity index is 2.32. The fraction of sp³-hybridized carbons (Fsp3) is 0.478. The van der Waals surface area contributed by atoms with Crippen LogP contribution in [0.1, 0.15) is 32.8 Å². The number of hydrogen-bond acceptors (Lipinski definition) is 2. The van der Waals surface area contributed by atoms with Gasteiger partial charge in [0.2, 0.25) is 0 Å². The van der Waals surface area contributed by atoms with E-state index in [0.29, 0.717) is 0 Å². The molecule has 142 valence electrons. The van der Waals surface area contributed by atoms with Gasteiger partial charge in [-0.1, -0.05) is 49.2 Å². The highest BCUT2D eigenvalue weighted by atomic mass is 28.3. The van der Waals surface area contributed by atoms with Crippen LogP contribution in [-0.2, 0) is 6.54 Å². The van der Waals surface area contributed by atoms with Crippen LogP contribution in [0.25, 0.3) is 0 Å². The van der Waals surface area contributed by atoms with Crippen molar-refractivity contribution < 1.29 is 4.74 Å². The maximum Gasteiger partial charge on any atom is 0.119 e. The van der Waals surface area contributed by atoms with Crippen molar-refractivity contribution in [2.75, 3.05) is 13.2 Å². The summed E-state index contributed by atoms with van der Waals surface area (Å²) in [5.74, 6) is 7.23. The van der Waals surface area contributed by atoms with E-state index < -0.39 is 8.07 Å². The lowest BCUT2D eigenvalue weighted by Crippen LogP contribution is -2.22. The first-order valence-electron chi connectivity index (χ1n) is 9.46. The quantitative estimate of drug-likeness (QED) is 0.330. The molecule has 3 heteroatoms. The highest BCUT2D eigenvalue weighted by molar-refractivity contribution is 6.82. The van der Waals surface area contributed by atoms with Gasteiger partial charge in [-0.15, -0.1) is 12.3 Å². The van der Waals surface area contributed by atoms with Gasteiger partial charge < -0.3 is 10.1 Å². The van der Waals surface area contributed by atoms with Gasteiger partial charge in [0.25, 0.3) is 0 Å². The van der Waals surface area contributed by atoms with Crippen molar-refractivity contribution in [3.8, 4) is 17.6 Å². The van der Waals surface area contributed by atoms with Crippen LogP contribution < -0.4 is 10.1 Å². The Morgan fingerprint density at radius 3 is 2.73 bits per heavy atom. The lowest BCUT2D eigenvalue weighted by Gasteiger charge is -2.17. The summed E-state index contributed by atoms with van der Waals surface area (Å²) < 4.78 is 5.91. The third kappa shape index (κ3) is 11.0. The lowest BCUT2D eigenvalue weighted by atomic mass is 9.98. The zero-order valence-electron chi connectivity index (χ0n) is 17.2. The average Bonchev–Trinajstić information content (AvgIpc) is 2.57. The molecule has 1 rings (SSSR count). The second-order valence-corrected chi connectivity index (χ2v) is 13.2. The molecule has 0 saturated heterocycles. The molecule has 0 amide bonds. The summed E-state index contributed by atoms with van der Waals surface area (Å²) in [6.07, 6.45) is 5.07. The molecule has 0 unspecified atom stereocenters. The van der Waals surface area contributed by atoms with Gasteiger partial charge in [0.05, 0.1) is 14.7 Å². The Kier molecular flexibility index (Phi) is 9.47. The summed E-state index contributed by atoms with van der Waals surface area (Å²) in [7, 11) is -1.21. The van der Waals surface area contributed by atoms with Crippen LogP contribution in [0.4, 0.5) is 0 Å². The Morgan fingerprint density at radius 2 is 2.04 bits per heavy atom. The maximum absolute atomic E-state index is 5.91. The molecule has 0 heterocycles. The predicted octanol–water partition coefficient (Wildman–Crippen LogP) is 5.58. The van der Waals surface area contributed by atoms with Crippen molar-refractivity contribution in [2.24, 2.45) is 5.41 Å². The minimum Gasteiger partial charge on any atom is -0.494 e. The molecular formula is C23H35NOSi. The van der Waals surface area contributed by atoms with Crippen LogP contribution in [0.5, 0.6) is 5.75 Å². The van der Waals surface area contributed by atoms with Crippen molar-refractivity contribution in [3.05, 3.63) is 54.3 Å². The van der Waals surface area contributed by atoms with Crippen molar-refractivity contribution in [1.29, 1.82) is 0 Å². The standard InChI is InChI=1S/C23H35NOSi/c1-7-26(5,6)18-12-17-25-22-14-11-13-21(19-22)20-24-16-10-8-9-15-23(2,3)4/h7-8,10-11,13-14,19,24H,1,12,16-18,20H2,2-6H3. The smallest absolute Gasteiger partial charge is 0.119 e. The molecule has 0 aliphatic rings. The molecule has 1 aromatic rings. The number of rotatable bonds is 10. The number of hydrogen-bond donors (Lipinski definition) is 1. The minimum atomic E-state index is -1.21. The zero-order chi connectivity index (χ0) is 19.5. The molecule has 0 saturated carbocycles. The van der Waals surface area contributed by atoms with Gasteiger partial charge >= 0.3 is 0 Å². The number of allylic oxidation sites excluding steroid dienone is 1. The van der Waals surface area contributed by atoms with Crippen LogP contribution in [-0.4, -0.2) is 21.2 Å². The van der Waals surface area contributed by atoms with Gasteiger partial charge in [-0.25, -0.2) is 0 Å². The van der Waals surface area contributed by atoms with Crippen LogP contribution in [0.2, 0.25) is 19.1 Å². The molecule has 0 spiro atoms. The first-order chi connectivity index (χ1) is 12.2. The van der Waals surface area contributed by atoms with Crippen LogP contribution >= 0.6 is 0 Å². The molecule has 0 bridgehead atoms. The molecular weight excluding hydrogens is 334 g/mol.